The molecule has 0 radical (unpaired) electrons. The molecule has 0 saturated carbocycles. The van der Waals surface area contributed by atoms with Crippen molar-refractivity contribution < 1.29 is 39.7 Å². The van der Waals surface area contributed by atoms with E-state index in [0.29, 0.717) is 24.3 Å². The molecule has 0 amide bonds. The first kappa shape index (κ1) is 23.9. The van der Waals surface area contributed by atoms with Crippen LogP contribution >= 0.6 is 0 Å². The van der Waals surface area contributed by atoms with Crippen LogP contribution in [0.5, 0.6) is 17.2 Å². The summed E-state index contributed by atoms with van der Waals surface area (Å²) in [5.41, 5.74) is 2.15. The van der Waals surface area contributed by atoms with E-state index in [0.717, 1.165) is 31.2 Å². The maximum atomic E-state index is 10.3. The molecule has 3 heterocycles. The summed E-state index contributed by atoms with van der Waals surface area (Å²) in [6.45, 7) is -0.540. The number of aryl methyl sites for hydroxylation is 2. The molecule has 3 aliphatic heterocycles. The Morgan fingerprint density at radius 2 is 1.58 bits per heavy atom. The van der Waals surface area contributed by atoms with Crippen LogP contribution in [0.25, 0.3) is 0 Å². The van der Waals surface area contributed by atoms with E-state index in [1.807, 2.05) is 36.4 Å². The monoisotopic (exact) mass is 460 g/mol. The first-order chi connectivity index (χ1) is 15.9. The standard InChI is InChI=1S/C25H32O8/c26-14-21-22(28)23(29)24(30)25(33-21)32-19-12-8-16-5-9-17(27)4-2-1-3-15-6-10-18(11-7-15)31-20(19)13-16/h6-8,10-13,17,21-30H,1-5,9,14H2. The Kier molecular flexibility index (Phi) is 7.85. The third kappa shape index (κ3) is 5.84. The highest BCUT2D eigenvalue weighted by Crippen LogP contribution is 2.36. The van der Waals surface area contributed by atoms with Crippen molar-refractivity contribution in [1.29, 1.82) is 0 Å². The average Bonchev–Trinajstić information content (AvgIpc) is 2.83. The van der Waals surface area contributed by atoms with E-state index in [-0.39, 0.29) is 11.9 Å². The molecule has 2 aromatic rings. The molecule has 33 heavy (non-hydrogen) atoms. The zero-order valence-corrected chi connectivity index (χ0v) is 18.4. The highest BCUT2D eigenvalue weighted by atomic mass is 16.7. The zero-order valence-electron chi connectivity index (χ0n) is 18.4. The summed E-state index contributed by atoms with van der Waals surface area (Å²) in [7, 11) is 0. The summed E-state index contributed by atoms with van der Waals surface area (Å²) in [5, 5.41) is 50.2. The summed E-state index contributed by atoms with van der Waals surface area (Å²) in [6.07, 6.45) is -2.29. The second kappa shape index (κ2) is 10.8. The third-order valence-corrected chi connectivity index (χ3v) is 6.27. The zero-order chi connectivity index (χ0) is 23.4. The van der Waals surface area contributed by atoms with Crippen molar-refractivity contribution in [3.8, 4) is 17.2 Å². The Balaban J connectivity index is 1.60. The van der Waals surface area contributed by atoms with Crippen molar-refractivity contribution >= 4 is 0 Å². The van der Waals surface area contributed by atoms with Gasteiger partial charge in [0.1, 0.15) is 30.2 Å². The second-order valence-electron chi connectivity index (χ2n) is 8.78. The van der Waals surface area contributed by atoms with Gasteiger partial charge in [0, 0.05) is 0 Å². The summed E-state index contributed by atoms with van der Waals surface area (Å²) in [5.74, 6) is 1.28. The molecule has 5 N–H and O–H groups in total. The Labute approximate surface area is 193 Å². The number of benzene rings is 2. The topological polar surface area (TPSA) is 129 Å². The Morgan fingerprint density at radius 1 is 0.818 bits per heavy atom. The van der Waals surface area contributed by atoms with Gasteiger partial charge in [0.2, 0.25) is 6.29 Å². The van der Waals surface area contributed by atoms with Crippen molar-refractivity contribution in [3.63, 3.8) is 0 Å². The minimum absolute atomic E-state index is 0.275. The van der Waals surface area contributed by atoms with Gasteiger partial charge in [-0.1, -0.05) is 24.6 Å². The molecule has 8 heteroatoms. The van der Waals surface area contributed by atoms with E-state index in [1.165, 1.54) is 5.56 Å². The van der Waals surface area contributed by atoms with Crippen LogP contribution in [-0.4, -0.2) is 68.9 Å². The van der Waals surface area contributed by atoms with E-state index in [2.05, 4.69) is 0 Å². The average molecular weight is 461 g/mol. The molecule has 6 atom stereocenters. The van der Waals surface area contributed by atoms with Gasteiger partial charge in [-0.2, -0.15) is 0 Å². The summed E-state index contributed by atoms with van der Waals surface area (Å²) in [4.78, 5) is 0. The van der Waals surface area contributed by atoms with Gasteiger partial charge in [-0.05, 0) is 67.5 Å². The fourth-order valence-corrected chi connectivity index (χ4v) is 4.21. The van der Waals surface area contributed by atoms with E-state index in [1.54, 1.807) is 6.07 Å². The quantitative estimate of drug-likeness (QED) is 0.468. The van der Waals surface area contributed by atoms with Crippen LogP contribution in [0.1, 0.15) is 36.8 Å². The van der Waals surface area contributed by atoms with Crippen LogP contribution < -0.4 is 9.47 Å². The summed E-state index contributed by atoms with van der Waals surface area (Å²) in [6, 6.07) is 13.1. The lowest BCUT2D eigenvalue weighted by molar-refractivity contribution is -0.277. The van der Waals surface area contributed by atoms with Gasteiger partial charge in [0.05, 0.1) is 12.7 Å². The molecule has 180 valence electrons. The molecule has 4 bridgehead atoms. The van der Waals surface area contributed by atoms with Crippen LogP contribution in [-0.2, 0) is 17.6 Å². The molecule has 8 nitrogen and oxygen atoms in total. The van der Waals surface area contributed by atoms with Crippen molar-refractivity contribution in [3.05, 3.63) is 53.6 Å². The molecule has 6 unspecified atom stereocenters. The number of hydrogen-bond donors (Lipinski definition) is 5. The molecular formula is C25H32O8. The molecule has 5 rings (SSSR count). The lowest BCUT2D eigenvalue weighted by Gasteiger charge is -2.39. The highest BCUT2D eigenvalue weighted by molar-refractivity contribution is 5.46. The van der Waals surface area contributed by atoms with Crippen LogP contribution in [0.4, 0.5) is 0 Å². The molecule has 0 aromatic heterocycles. The molecule has 0 aliphatic carbocycles. The van der Waals surface area contributed by atoms with Gasteiger partial charge in [-0.25, -0.2) is 0 Å². The van der Waals surface area contributed by atoms with E-state index >= 15 is 0 Å². The number of fused-ring (bicyclic) bond motifs is 8. The SMILES string of the molecule is OCC1OC(Oc2ccc3cc2Oc2ccc(cc2)CCCCC(O)CC3)C(O)C(O)C1O. The first-order valence-corrected chi connectivity index (χ1v) is 11.5. The van der Waals surface area contributed by atoms with E-state index in [4.69, 9.17) is 14.2 Å². The van der Waals surface area contributed by atoms with Crippen molar-refractivity contribution in [2.75, 3.05) is 6.61 Å². The molecule has 1 saturated heterocycles. The van der Waals surface area contributed by atoms with Gasteiger partial charge in [0.15, 0.2) is 11.5 Å². The van der Waals surface area contributed by atoms with Crippen LogP contribution in [0.3, 0.4) is 0 Å². The first-order valence-electron chi connectivity index (χ1n) is 11.5. The predicted octanol–water partition coefficient (Wildman–Crippen LogP) is 1.68. The largest absolute Gasteiger partial charge is 0.458 e. The number of hydrogen-bond acceptors (Lipinski definition) is 8. The minimum atomic E-state index is -1.53. The van der Waals surface area contributed by atoms with Crippen LogP contribution in [0.15, 0.2) is 42.5 Å². The molecule has 2 aromatic carbocycles. The van der Waals surface area contributed by atoms with Gasteiger partial charge in [-0.15, -0.1) is 0 Å². The Morgan fingerprint density at radius 3 is 2.33 bits per heavy atom. The molecule has 3 aliphatic rings. The highest BCUT2D eigenvalue weighted by Gasteiger charge is 2.45. The number of rotatable bonds is 3. The third-order valence-electron chi connectivity index (χ3n) is 6.27. The number of aliphatic hydroxyl groups is 5. The maximum absolute atomic E-state index is 10.3. The van der Waals surface area contributed by atoms with Gasteiger partial charge < -0.3 is 39.7 Å². The fraction of sp³-hybridized carbons (Fsp3) is 0.520. The molecule has 1 fully saturated rings. The molecular weight excluding hydrogens is 428 g/mol. The fourth-order valence-electron chi connectivity index (χ4n) is 4.21. The van der Waals surface area contributed by atoms with Crippen LogP contribution in [0.2, 0.25) is 0 Å². The smallest absolute Gasteiger partial charge is 0.229 e. The van der Waals surface area contributed by atoms with E-state index < -0.39 is 37.3 Å². The normalized spacial score (nSPS) is 30.7. The summed E-state index contributed by atoms with van der Waals surface area (Å²) >= 11 is 0. The summed E-state index contributed by atoms with van der Waals surface area (Å²) < 4.78 is 17.4. The van der Waals surface area contributed by atoms with Crippen molar-refractivity contribution in [2.45, 2.75) is 75.3 Å². The van der Waals surface area contributed by atoms with Crippen molar-refractivity contribution in [2.24, 2.45) is 0 Å². The number of ether oxygens (including phenoxy) is 3. The Hall–Kier alpha value is -2.20. The van der Waals surface area contributed by atoms with Gasteiger partial charge in [-0.3, -0.25) is 0 Å². The Bertz CT molecular complexity index is 900. The van der Waals surface area contributed by atoms with Crippen LogP contribution in [0, 0.1) is 0 Å². The van der Waals surface area contributed by atoms with E-state index in [9.17, 15) is 25.5 Å². The van der Waals surface area contributed by atoms with Gasteiger partial charge in [0.25, 0.3) is 0 Å². The van der Waals surface area contributed by atoms with Crippen molar-refractivity contribution in [1.82, 2.24) is 0 Å². The number of aliphatic hydroxyl groups excluding tert-OH is 5. The predicted molar refractivity (Wildman–Crippen MR) is 119 cm³/mol. The minimum Gasteiger partial charge on any atom is -0.458 e. The maximum Gasteiger partial charge on any atom is 0.229 e. The van der Waals surface area contributed by atoms with Gasteiger partial charge >= 0.3 is 0 Å². The lowest BCUT2D eigenvalue weighted by Crippen LogP contribution is -2.60. The second-order valence-corrected chi connectivity index (χ2v) is 8.78. The molecule has 0 spiro atoms. The lowest BCUT2D eigenvalue weighted by atomic mass is 9.99.